The standard InChI is InChI=1S/C16H15BrN2/c1-2-12-3-5-13(6-4-12)16(11-18)19-15-9-7-14(17)8-10-15/h3-10,16,19H,2H2,1H3. The number of anilines is 1. The molecule has 19 heavy (non-hydrogen) atoms. The molecule has 2 rings (SSSR count). The predicted molar refractivity (Wildman–Crippen MR) is 81.9 cm³/mol. The Morgan fingerprint density at radius 2 is 1.74 bits per heavy atom. The van der Waals surface area contributed by atoms with Crippen molar-refractivity contribution in [2.24, 2.45) is 0 Å². The Morgan fingerprint density at radius 1 is 1.11 bits per heavy atom. The van der Waals surface area contributed by atoms with Gasteiger partial charge in [-0.25, -0.2) is 0 Å². The Labute approximate surface area is 122 Å². The first-order chi connectivity index (χ1) is 9.22. The van der Waals surface area contributed by atoms with Gasteiger partial charge in [0.2, 0.25) is 0 Å². The van der Waals surface area contributed by atoms with Crippen LogP contribution in [0.15, 0.2) is 53.0 Å². The van der Waals surface area contributed by atoms with Crippen molar-refractivity contribution < 1.29 is 0 Å². The molecule has 2 aromatic rings. The van der Waals surface area contributed by atoms with Crippen LogP contribution in [-0.4, -0.2) is 0 Å². The van der Waals surface area contributed by atoms with E-state index >= 15 is 0 Å². The van der Waals surface area contributed by atoms with Gasteiger partial charge in [0.05, 0.1) is 6.07 Å². The van der Waals surface area contributed by atoms with Crippen LogP contribution >= 0.6 is 15.9 Å². The van der Waals surface area contributed by atoms with E-state index in [2.05, 4.69) is 46.4 Å². The maximum atomic E-state index is 9.30. The molecule has 96 valence electrons. The van der Waals surface area contributed by atoms with Gasteiger partial charge in [-0.1, -0.05) is 47.1 Å². The monoisotopic (exact) mass is 314 g/mol. The molecule has 1 unspecified atom stereocenters. The molecule has 1 N–H and O–H groups in total. The molecule has 0 heterocycles. The number of aryl methyl sites for hydroxylation is 1. The van der Waals surface area contributed by atoms with Crippen LogP contribution in [0.1, 0.15) is 24.1 Å². The molecule has 0 saturated heterocycles. The summed E-state index contributed by atoms with van der Waals surface area (Å²) in [7, 11) is 0. The molecule has 0 fully saturated rings. The van der Waals surface area contributed by atoms with E-state index in [1.54, 1.807) is 0 Å². The molecule has 0 aliphatic heterocycles. The Kier molecular flexibility index (Phi) is 4.59. The van der Waals surface area contributed by atoms with Crippen molar-refractivity contribution in [1.29, 1.82) is 5.26 Å². The molecular formula is C16H15BrN2. The number of benzene rings is 2. The number of nitrogens with one attached hydrogen (secondary N) is 1. The summed E-state index contributed by atoms with van der Waals surface area (Å²) in [6.07, 6.45) is 1.01. The Balaban J connectivity index is 2.15. The molecule has 0 radical (unpaired) electrons. The molecule has 0 bridgehead atoms. The number of halogens is 1. The van der Waals surface area contributed by atoms with Crippen LogP contribution in [0.5, 0.6) is 0 Å². The minimum absolute atomic E-state index is 0.327. The van der Waals surface area contributed by atoms with Gasteiger partial charge in [-0.05, 0) is 41.8 Å². The number of nitriles is 1. The molecule has 0 aromatic heterocycles. The van der Waals surface area contributed by atoms with Crippen molar-refractivity contribution >= 4 is 21.6 Å². The van der Waals surface area contributed by atoms with E-state index in [1.165, 1.54) is 5.56 Å². The number of hydrogen-bond acceptors (Lipinski definition) is 2. The highest BCUT2D eigenvalue weighted by Crippen LogP contribution is 2.21. The zero-order valence-corrected chi connectivity index (χ0v) is 12.3. The maximum Gasteiger partial charge on any atom is 0.140 e. The second-order valence-electron chi connectivity index (χ2n) is 4.31. The van der Waals surface area contributed by atoms with Crippen molar-refractivity contribution in [3.05, 3.63) is 64.1 Å². The molecule has 0 aliphatic carbocycles. The predicted octanol–water partition coefficient (Wildman–Crippen LogP) is 4.69. The minimum atomic E-state index is -0.327. The highest BCUT2D eigenvalue weighted by Gasteiger charge is 2.09. The first-order valence-corrected chi connectivity index (χ1v) is 7.03. The summed E-state index contributed by atoms with van der Waals surface area (Å²) in [5, 5.41) is 12.5. The molecule has 1 atom stereocenters. The van der Waals surface area contributed by atoms with E-state index in [9.17, 15) is 5.26 Å². The molecule has 2 aromatic carbocycles. The fourth-order valence-electron chi connectivity index (χ4n) is 1.85. The average molecular weight is 315 g/mol. The second-order valence-corrected chi connectivity index (χ2v) is 5.22. The zero-order valence-electron chi connectivity index (χ0n) is 10.7. The molecular weight excluding hydrogens is 300 g/mol. The lowest BCUT2D eigenvalue weighted by Crippen LogP contribution is -2.08. The third-order valence-electron chi connectivity index (χ3n) is 3.01. The summed E-state index contributed by atoms with van der Waals surface area (Å²) in [5.41, 5.74) is 3.21. The number of hydrogen-bond donors (Lipinski definition) is 1. The van der Waals surface area contributed by atoms with Crippen molar-refractivity contribution in [2.75, 3.05) is 5.32 Å². The van der Waals surface area contributed by atoms with Crippen molar-refractivity contribution in [3.8, 4) is 6.07 Å². The Bertz CT molecular complexity index is 567. The number of nitrogens with zero attached hydrogens (tertiary/aromatic N) is 1. The first kappa shape index (κ1) is 13.6. The number of rotatable bonds is 4. The highest BCUT2D eigenvalue weighted by molar-refractivity contribution is 9.10. The van der Waals surface area contributed by atoms with E-state index < -0.39 is 0 Å². The second kappa shape index (κ2) is 6.40. The molecule has 0 amide bonds. The van der Waals surface area contributed by atoms with Crippen molar-refractivity contribution in [2.45, 2.75) is 19.4 Å². The molecule has 0 saturated carbocycles. The van der Waals surface area contributed by atoms with Gasteiger partial charge >= 0.3 is 0 Å². The summed E-state index contributed by atoms with van der Waals surface area (Å²) >= 11 is 3.40. The lowest BCUT2D eigenvalue weighted by atomic mass is 10.0. The minimum Gasteiger partial charge on any atom is -0.366 e. The van der Waals surface area contributed by atoms with Crippen LogP contribution in [-0.2, 0) is 6.42 Å². The van der Waals surface area contributed by atoms with Gasteiger partial charge in [0.1, 0.15) is 6.04 Å². The first-order valence-electron chi connectivity index (χ1n) is 6.23. The largest absolute Gasteiger partial charge is 0.366 e. The van der Waals surface area contributed by atoms with Gasteiger partial charge in [-0.3, -0.25) is 0 Å². The summed E-state index contributed by atoms with van der Waals surface area (Å²) in [6.45, 7) is 2.12. The normalized spacial score (nSPS) is 11.6. The van der Waals surface area contributed by atoms with E-state index in [0.29, 0.717) is 0 Å². The van der Waals surface area contributed by atoms with Crippen LogP contribution in [0, 0.1) is 11.3 Å². The fraction of sp³-hybridized carbons (Fsp3) is 0.188. The molecule has 3 heteroatoms. The van der Waals surface area contributed by atoms with Crippen molar-refractivity contribution in [3.63, 3.8) is 0 Å². The summed E-state index contributed by atoms with van der Waals surface area (Å²) < 4.78 is 1.03. The third kappa shape index (κ3) is 3.59. The zero-order chi connectivity index (χ0) is 13.7. The fourth-order valence-corrected chi connectivity index (χ4v) is 2.11. The van der Waals surface area contributed by atoms with Crippen LogP contribution in [0.4, 0.5) is 5.69 Å². The van der Waals surface area contributed by atoms with E-state index in [0.717, 1.165) is 22.1 Å². The molecule has 0 spiro atoms. The lowest BCUT2D eigenvalue weighted by Gasteiger charge is -2.13. The van der Waals surface area contributed by atoms with Crippen LogP contribution in [0.2, 0.25) is 0 Å². The van der Waals surface area contributed by atoms with Gasteiger partial charge in [-0.15, -0.1) is 0 Å². The van der Waals surface area contributed by atoms with Gasteiger partial charge in [-0.2, -0.15) is 5.26 Å². The Morgan fingerprint density at radius 3 is 2.26 bits per heavy atom. The van der Waals surface area contributed by atoms with Crippen LogP contribution in [0.3, 0.4) is 0 Å². The van der Waals surface area contributed by atoms with Gasteiger partial charge in [0.15, 0.2) is 0 Å². The SMILES string of the molecule is CCc1ccc(C(C#N)Nc2ccc(Br)cc2)cc1. The molecule has 0 aliphatic rings. The van der Waals surface area contributed by atoms with Gasteiger partial charge < -0.3 is 5.32 Å². The summed E-state index contributed by atoms with van der Waals surface area (Å²) in [6, 6.07) is 18.0. The van der Waals surface area contributed by atoms with E-state index in [1.807, 2.05) is 36.4 Å². The lowest BCUT2D eigenvalue weighted by molar-refractivity contribution is 0.992. The van der Waals surface area contributed by atoms with E-state index in [-0.39, 0.29) is 6.04 Å². The van der Waals surface area contributed by atoms with Crippen LogP contribution < -0.4 is 5.32 Å². The summed E-state index contributed by atoms with van der Waals surface area (Å²) in [5.74, 6) is 0. The molecule has 2 nitrogen and oxygen atoms in total. The Hall–Kier alpha value is -1.79. The van der Waals surface area contributed by atoms with Gasteiger partial charge in [0, 0.05) is 10.2 Å². The topological polar surface area (TPSA) is 35.8 Å². The third-order valence-corrected chi connectivity index (χ3v) is 3.53. The summed E-state index contributed by atoms with van der Waals surface area (Å²) in [4.78, 5) is 0. The highest BCUT2D eigenvalue weighted by atomic mass is 79.9. The van der Waals surface area contributed by atoms with Crippen LogP contribution in [0.25, 0.3) is 0 Å². The van der Waals surface area contributed by atoms with Gasteiger partial charge in [0.25, 0.3) is 0 Å². The average Bonchev–Trinajstić information content (AvgIpc) is 2.47. The van der Waals surface area contributed by atoms with Crippen molar-refractivity contribution in [1.82, 2.24) is 0 Å². The maximum absolute atomic E-state index is 9.30. The smallest absolute Gasteiger partial charge is 0.140 e. The van der Waals surface area contributed by atoms with E-state index in [4.69, 9.17) is 0 Å². The quantitative estimate of drug-likeness (QED) is 0.888.